The van der Waals surface area contributed by atoms with Gasteiger partial charge in [-0.25, -0.2) is 0 Å². The number of aliphatic hydroxyl groups excluding tert-OH is 3. The maximum absolute atomic E-state index is 10.8. The molecule has 7 heteroatoms. The molecule has 1 saturated carbocycles. The van der Waals surface area contributed by atoms with Crippen LogP contribution >= 0.6 is 0 Å². The first kappa shape index (κ1) is 15.3. The number of nitrogens with zero attached hydrogens (tertiary/aromatic N) is 3. The van der Waals surface area contributed by atoms with E-state index in [1.807, 2.05) is 30.3 Å². The molecule has 1 aliphatic heterocycles. The topological polar surface area (TPSA) is 119 Å². The zero-order valence-electron chi connectivity index (χ0n) is 12.0. The van der Waals surface area contributed by atoms with Gasteiger partial charge in [0.15, 0.2) is 0 Å². The predicted octanol–water partition coefficient (Wildman–Crippen LogP) is 0.952. The Hall–Kier alpha value is -1.63. The lowest BCUT2D eigenvalue weighted by Crippen LogP contribution is -2.61. The molecule has 7 nitrogen and oxygen atoms in total. The van der Waals surface area contributed by atoms with Gasteiger partial charge >= 0.3 is 0 Å². The predicted molar refractivity (Wildman–Crippen MR) is 78.0 cm³/mol. The Balaban J connectivity index is 2.06. The standard InChI is InChI=1S/C15H19N3O4/c16-18-17-11-6-12(20)14-15(8-19,13(11)21)10(7-22-14)9-4-2-1-3-5-9/h1-5,10-14,19-21H,6-8H2/t10-,11-,12-,13+,14+,15-/m1/s1. The number of hydrogen-bond acceptors (Lipinski definition) is 5. The summed E-state index contributed by atoms with van der Waals surface area (Å²) >= 11 is 0. The van der Waals surface area contributed by atoms with Gasteiger partial charge in [-0.1, -0.05) is 35.4 Å². The second-order valence-electron chi connectivity index (χ2n) is 6.01. The minimum atomic E-state index is -1.07. The zero-order chi connectivity index (χ0) is 15.7. The number of aliphatic hydroxyl groups is 3. The molecule has 2 fully saturated rings. The summed E-state index contributed by atoms with van der Waals surface area (Å²) in [5.41, 5.74) is 8.53. The van der Waals surface area contributed by atoms with Crippen LogP contribution in [0.2, 0.25) is 0 Å². The molecular formula is C15H19N3O4. The molecule has 6 atom stereocenters. The molecule has 0 aromatic heterocycles. The van der Waals surface area contributed by atoms with Crippen molar-refractivity contribution in [3.8, 4) is 0 Å². The van der Waals surface area contributed by atoms with E-state index < -0.39 is 29.8 Å². The highest BCUT2D eigenvalue weighted by Gasteiger charge is 2.62. The van der Waals surface area contributed by atoms with Crippen LogP contribution in [0.4, 0.5) is 0 Å². The van der Waals surface area contributed by atoms with E-state index >= 15 is 0 Å². The highest BCUT2D eigenvalue weighted by Crippen LogP contribution is 2.53. The van der Waals surface area contributed by atoms with Gasteiger partial charge in [0.05, 0.1) is 43.0 Å². The fourth-order valence-electron chi connectivity index (χ4n) is 3.97. The van der Waals surface area contributed by atoms with Crippen LogP contribution in [-0.2, 0) is 4.74 Å². The lowest BCUT2D eigenvalue weighted by atomic mass is 9.60. The fraction of sp³-hybridized carbons (Fsp3) is 0.600. The average Bonchev–Trinajstić information content (AvgIpc) is 2.95. The van der Waals surface area contributed by atoms with Crippen molar-refractivity contribution in [2.24, 2.45) is 10.5 Å². The molecule has 0 bridgehead atoms. The number of azide groups is 1. The van der Waals surface area contributed by atoms with Gasteiger partial charge in [-0.3, -0.25) is 0 Å². The molecule has 1 saturated heterocycles. The van der Waals surface area contributed by atoms with Gasteiger partial charge in [0.25, 0.3) is 0 Å². The summed E-state index contributed by atoms with van der Waals surface area (Å²) in [7, 11) is 0. The summed E-state index contributed by atoms with van der Waals surface area (Å²) in [5, 5.41) is 34.8. The van der Waals surface area contributed by atoms with Crippen LogP contribution in [0.3, 0.4) is 0 Å². The number of ether oxygens (including phenoxy) is 1. The Kier molecular flexibility index (Phi) is 4.08. The van der Waals surface area contributed by atoms with E-state index in [4.69, 9.17) is 10.3 Å². The fourth-order valence-corrected chi connectivity index (χ4v) is 3.97. The summed E-state index contributed by atoms with van der Waals surface area (Å²) in [5.74, 6) is -0.273. The first-order valence-corrected chi connectivity index (χ1v) is 7.33. The summed E-state index contributed by atoms with van der Waals surface area (Å²) in [6.07, 6.45) is -2.52. The van der Waals surface area contributed by atoms with Gasteiger partial charge in [0, 0.05) is 10.8 Å². The van der Waals surface area contributed by atoms with Gasteiger partial charge in [-0.05, 0) is 17.5 Å². The third kappa shape index (κ3) is 2.10. The number of benzene rings is 1. The molecule has 1 heterocycles. The molecule has 3 N–H and O–H groups in total. The Labute approximate surface area is 127 Å². The van der Waals surface area contributed by atoms with E-state index in [0.717, 1.165) is 5.56 Å². The molecule has 3 rings (SSSR count). The lowest BCUT2D eigenvalue weighted by Gasteiger charge is -2.48. The molecule has 0 spiro atoms. The van der Waals surface area contributed by atoms with Crippen LogP contribution in [0, 0.1) is 5.41 Å². The SMILES string of the molecule is [N-]=[N+]=N[C@@H]1C[C@@H](O)[C@@H]2OC[C@H](c3ccccc3)[C@]2(CO)[C@H]1O. The van der Waals surface area contributed by atoms with E-state index in [1.165, 1.54) is 0 Å². The second-order valence-corrected chi connectivity index (χ2v) is 6.01. The van der Waals surface area contributed by atoms with Crippen molar-refractivity contribution < 1.29 is 20.1 Å². The second kappa shape index (κ2) is 5.87. The highest BCUT2D eigenvalue weighted by atomic mass is 16.5. The number of hydrogen-bond donors (Lipinski definition) is 3. The molecule has 1 aromatic rings. The number of fused-ring (bicyclic) bond motifs is 1. The monoisotopic (exact) mass is 305 g/mol. The van der Waals surface area contributed by atoms with Crippen LogP contribution in [0.1, 0.15) is 17.9 Å². The van der Waals surface area contributed by atoms with Crippen molar-refractivity contribution in [1.29, 1.82) is 0 Å². The molecule has 0 amide bonds. The molecule has 1 aromatic carbocycles. The van der Waals surface area contributed by atoms with Crippen LogP contribution in [0.15, 0.2) is 35.4 Å². The van der Waals surface area contributed by atoms with Crippen molar-refractivity contribution >= 4 is 0 Å². The third-order valence-electron chi connectivity index (χ3n) is 5.04. The van der Waals surface area contributed by atoms with Crippen molar-refractivity contribution in [1.82, 2.24) is 0 Å². The molecule has 0 unspecified atom stereocenters. The average molecular weight is 305 g/mol. The van der Waals surface area contributed by atoms with Gasteiger partial charge in [-0.15, -0.1) is 0 Å². The summed E-state index contributed by atoms with van der Waals surface area (Å²) in [6.45, 7) is -0.0563. The van der Waals surface area contributed by atoms with E-state index in [-0.39, 0.29) is 18.9 Å². The van der Waals surface area contributed by atoms with Gasteiger partial charge in [0.1, 0.15) is 0 Å². The van der Waals surface area contributed by atoms with Crippen molar-refractivity contribution in [2.45, 2.75) is 36.7 Å². The van der Waals surface area contributed by atoms with Crippen LogP contribution in [-0.4, -0.2) is 52.9 Å². The van der Waals surface area contributed by atoms with Gasteiger partial charge < -0.3 is 20.1 Å². The smallest absolute Gasteiger partial charge is 0.0944 e. The largest absolute Gasteiger partial charge is 0.396 e. The van der Waals surface area contributed by atoms with Gasteiger partial charge in [-0.2, -0.15) is 0 Å². The Morgan fingerprint density at radius 1 is 1.32 bits per heavy atom. The lowest BCUT2D eigenvalue weighted by molar-refractivity contribution is -0.155. The quantitative estimate of drug-likeness (QED) is 0.437. The van der Waals surface area contributed by atoms with E-state index in [0.29, 0.717) is 6.61 Å². The molecule has 1 aliphatic carbocycles. The summed E-state index contributed by atoms with van der Waals surface area (Å²) < 4.78 is 5.72. The van der Waals surface area contributed by atoms with Crippen LogP contribution in [0.25, 0.3) is 10.4 Å². The molecular weight excluding hydrogens is 286 g/mol. The summed E-state index contributed by atoms with van der Waals surface area (Å²) in [4.78, 5) is 2.75. The summed E-state index contributed by atoms with van der Waals surface area (Å²) in [6, 6.07) is 8.68. The molecule has 2 aliphatic rings. The van der Waals surface area contributed by atoms with E-state index in [9.17, 15) is 15.3 Å². The zero-order valence-corrected chi connectivity index (χ0v) is 12.0. The normalized spacial score (nSPS) is 40.8. The van der Waals surface area contributed by atoms with Crippen molar-refractivity contribution in [2.75, 3.05) is 13.2 Å². The minimum Gasteiger partial charge on any atom is -0.396 e. The van der Waals surface area contributed by atoms with Crippen molar-refractivity contribution in [3.05, 3.63) is 46.3 Å². The van der Waals surface area contributed by atoms with E-state index in [2.05, 4.69) is 10.0 Å². The number of rotatable bonds is 3. The first-order valence-electron chi connectivity index (χ1n) is 7.33. The highest BCUT2D eigenvalue weighted by molar-refractivity contribution is 5.28. The maximum Gasteiger partial charge on any atom is 0.0944 e. The van der Waals surface area contributed by atoms with Crippen molar-refractivity contribution in [3.63, 3.8) is 0 Å². The molecule has 118 valence electrons. The van der Waals surface area contributed by atoms with Crippen LogP contribution < -0.4 is 0 Å². The first-order chi connectivity index (χ1) is 10.6. The van der Waals surface area contributed by atoms with E-state index in [1.54, 1.807) is 0 Å². The molecule has 0 radical (unpaired) electrons. The van der Waals surface area contributed by atoms with Crippen LogP contribution in [0.5, 0.6) is 0 Å². The Morgan fingerprint density at radius 2 is 2.05 bits per heavy atom. The minimum absolute atomic E-state index is 0.124. The third-order valence-corrected chi connectivity index (χ3v) is 5.04. The van der Waals surface area contributed by atoms with Gasteiger partial charge in [0.2, 0.25) is 0 Å². The Morgan fingerprint density at radius 3 is 2.68 bits per heavy atom. The maximum atomic E-state index is 10.8. The Bertz CT molecular complexity index is 577. The molecule has 22 heavy (non-hydrogen) atoms.